The first-order valence-electron chi connectivity index (χ1n) is 18.4. The largest absolute Gasteiger partial charge is 0.268 e. The van der Waals surface area contributed by atoms with Gasteiger partial charge in [-0.25, -0.2) is 4.40 Å². The SMILES string of the molecule is O=c1c2ccccc2c2cc(-c3ccc4c(c3)C3(c5ccccc5-c5ccccc53)c3ccccc3-4)cc3c4cc(-c5ccccc5)ccc4c(=O)n1c23. The van der Waals surface area contributed by atoms with Crippen LogP contribution in [0.25, 0.3) is 82.3 Å². The standard InChI is InChI=1S/C51H29NO2/c53-49-39-18-5-4-14-34(39)42-27-33(28-43-41-26-31(30-12-2-1-3-13-30)23-25-40(41)50(54)52(49)48(42)43)32-22-24-38-37-17-8-11-21-46(37)51(47(38)29-32)44-19-9-6-15-35(44)36-16-7-10-20-45(36)51/h1-29H. The number of rotatable bonds is 2. The van der Waals surface area contributed by atoms with Gasteiger partial charge in [-0.3, -0.25) is 9.59 Å². The molecule has 2 aromatic heterocycles. The lowest BCUT2D eigenvalue weighted by Crippen LogP contribution is -2.27. The molecule has 12 rings (SSSR count). The third kappa shape index (κ3) is 3.61. The number of benzene rings is 8. The van der Waals surface area contributed by atoms with E-state index < -0.39 is 5.41 Å². The van der Waals surface area contributed by atoms with Crippen LogP contribution >= 0.6 is 0 Å². The lowest BCUT2D eigenvalue weighted by molar-refractivity contribution is 0.794. The van der Waals surface area contributed by atoms with E-state index >= 15 is 0 Å². The zero-order valence-electron chi connectivity index (χ0n) is 29.0. The summed E-state index contributed by atoms with van der Waals surface area (Å²) in [4.78, 5) is 28.5. The molecule has 0 saturated carbocycles. The minimum absolute atomic E-state index is 0.286. The van der Waals surface area contributed by atoms with E-state index in [9.17, 15) is 9.59 Å². The summed E-state index contributed by atoms with van der Waals surface area (Å²) in [6.45, 7) is 0. The van der Waals surface area contributed by atoms with Gasteiger partial charge in [0.2, 0.25) is 0 Å². The monoisotopic (exact) mass is 687 g/mol. The Morgan fingerprint density at radius 2 is 0.778 bits per heavy atom. The Labute approximate surface area is 310 Å². The number of aromatic nitrogens is 1. The topological polar surface area (TPSA) is 38.5 Å². The van der Waals surface area contributed by atoms with Gasteiger partial charge < -0.3 is 0 Å². The van der Waals surface area contributed by atoms with Crippen molar-refractivity contribution in [3.05, 3.63) is 219 Å². The molecule has 0 fully saturated rings. The summed E-state index contributed by atoms with van der Waals surface area (Å²) in [5.74, 6) is 0. The Hall–Kier alpha value is -7.10. The summed E-state index contributed by atoms with van der Waals surface area (Å²) in [6, 6.07) is 61.8. The van der Waals surface area contributed by atoms with Gasteiger partial charge in [0.25, 0.3) is 11.1 Å². The predicted molar refractivity (Wildman–Crippen MR) is 221 cm³/mol. The van der Waals surface area contributed by atoms with Crippen LogP contribution in [0.3, 0.4) is 0 Å². The molecule has 8 aromatic carbocycles. The molecule has 0 N–H and O–H groups in total. The first-order chi connectivity index (χ1) is 26.6. The van der Waals surface area contributed by atoms with Crippen LogP contribution in [-0.2, 0) is 5.41 Å². The van der Waals surface area contributed by atoms with Crippen molar-refractivity contribution in [1.82, 2.24) is 4.40 Å². The van der Waals surface area contributed by atoms with Crippen molar-refractivity contribution in [1.29, 1.82) is 0 Å². The number of pyridine rings is 2. The van der Waals surface area contributed by atoms with E-state index in [0.717, 1.165) is 43.8 Å². The average molecular weight is 688 g/mol. The molecule has 0 radical (unpaired) electrons. The average Bonchev–Trinajstić information content (AvgIpc) is 3.70. The quantitative estimate of drug-likeness (QED) is 0.134. The van der Waals surface area contributed by atoms with Gasteiger partial charge in [0.15, 0.2) is 0 Å². The molecular formula is C51H29NO2. The molecule has 0 saturated heterocycles. The van der Waals surface area contributed by atoms with Crippen molar-refractivity contribution in [2.45, 2.75) is 5.41 Å². The Kier molecular flexibility index (Phi) is 5.73. The second-order valence-corrected chi connectivity index (χ2v) is 14.7. The van der Waals surface area contributed by atoms with Gasteiger partial charge in [-0.15, -0.1) is 0 Å². The van der Waals surface area contributed by atoms with E-state index in [1.165, 1.54) is 48.9 Å². The van der Waals surface area contributed by atoms with Crippen LogP contribution in [0.2, 0.25) is 0 Å². The molecule has 10 aromatic rings. The Bertz CT molecular complexity index is 3310. The third-order valence-corrected chi connectivity index (χ3v) is 12.2. The molecule has 0 bridgehead atoms. The minimum Gasteiger partial charge on any atom is -0.268 e. The lowest BCUT2D eigenvalue weighted by atomic mass is 9.70. The number of hydrogen-bond donors (Lipinski definition) is 0. The van der Waals surface area contributed by atoms with E-state index in [2.05, 4.69) is 121 Å². The molecule has 0 aliphatic heterocycles. The number of hydrogen-bond acceptors (Lipinski definition) is 2. The third-order valence-electron chi connectivity index (χ3n) is 12.2. The van der Waals surface area contributed by atoms with Crippen molar-refractivity contribution >= 4 is 37.8 Å². The Morgan fingerprint density at radius 1 is 0.315 bits per heavy atom. The highest BCUT2D eigenvalue weighted by Crippen LogP contribution is 2.63. The molecule has 0 amide bonds. The van der Waals surface area contributed by atoms with Crippen LogP contribution in [0.1, 0.15) is 22.3 Å². The molecule has 2 heterocycles. The van der Waals surface area contributed by atoms with E-state index in [1.54, 1.807) is 0 Å². The Balaban J connectivity index is 1.20. The fraction of sp³-hybridized carbons (Fsp3) is 0.0196. The zero-order chi connectivity index (χ0) is 35.7. The number of fused-ring (bicyclic) bond motifs is 14. The van der Waals surface area contributed by atoms with Crippen molar-refractivity contribution in [3.8, 4) is 44.5 Å². The second kappa shape index (κ2) is 10.5. The predicted octanol–water partition coefficient (Wildman–Crippen LogP) is 11.2. The van der Waals surface area contributed by atoms with E-state index in [1.807, 2.05) is 54.6 Å². The maximum atomic E-state index is 14.3. The first-order valence-corrected chi connectivity index (χ1v) is 18.4. The van der Waals surface area contributed by atoms with Crippen LogP contribution in [0.5, 0.6) is 0 Å². The van der Waals surface area contributed by atoms with Crippen LogP contribution in [-0.4, -0.2) is 4.40 Å². The lowest BCUT2D eigenvalue weighted by Gasteiger charge is -2.30. The minimum atomic E-state index is -0.461. The van der Waals surface area contributed by atoms with Crippen molar-refractivity contribution in [2.24, 2.45) is 0 Å². The summed E-state index contributed by atoms with van der Waals surface area (Å²) < 4.78 is 1.40. The normalized spacial score (nSPS) is 13.5. The van der Waals surface area contributed by atoms with Gasteiger partial charge in [0.05, 0.1) is 10.9 Å². The van der Waals surface area contributed by atoms with Crippen molar-refractivity contribution in [2.75, 3.05) is 0 Å². The van der Waals surface area contributed by atoms with Gasteiger partial charge in [0, 0.05) is 21.5 Å². The maximum absolute atomic E-state index is 14.3. The summed E-state index contributed by atoms with van der Waals surface area (Å²) in [5.41, 5.74) is 14.1. The molecule has 0 unspecified atom stereocenters. The molecule has 3 heteroatoms. The van der Waals surface area contributed by atoms with Gasteiger partial charge in [-0.1, -0.05) is 140 Å². The molecule has 1 spiro atoms. The first kappa shape index (κ1) is 29.5. The zero-order valence-corrected chi connectivity index (χ0v) is 29.0. The summed E-state index contributed by atoms with van der Waals surface area (Å²) >= 11 is 0. The molecule has 3 nitrogen and oxygen atoms in total. The van der Waals surface area contributed by atoms with Gasteiger partial charge in [0.1, 0.15) is 0 Å². The van der Waals surface area contributed by atoms with Crippen molar-refractivity contribution in [3.63, 3.8) is 0 Å². The maximum Gasteiger partial charge on any atom is 0.266 e. The summed E-state index contributed by atoms with van der Waals surface area (Å²) in [6.07, 6.45) is 0. The highest BCUT2D eigenvalue weighted by Gasteiger charge is 2.51. The molecule has 250 valence electrons. The molecular weight excluding hydrogens is 659 g/mol. The van der Waals surface area contributed by atoms with Gasteiger partial charge >= 0.3 is 0 Å². The molecule has 0 atom stereocenters. The summed E-state index contributed by atoms with van der Waals surface area (Å²) in [7, 11) is 0. The van der Waals surface area contributed by atoms with Crippen LogP contribution < -0.4 is 11.1 Å². The van der Waals surface area contributed by atoms with Crippen LogP contribution in [0.4, 0.5) is 0 Å². The van der Waals surface area contributed by atoms with E-state index in [-0.39, 0.29) is 11.1 Å². The molecule has 2 aliphatic carbocycles. The number of nitrogens with zero attached hydrogens (tertiary/aromatic N) is 1. The second-order valence-electron chi connectivity index (χ2n) is 14.7. The van der Waals surface area contributed by atoms with E-state index in [4.69, 9.17) is 0 Å². The van der Waals surface area contributed by atoms with Gasteiger partial charge in [-0.2, -0.15) is 0 Å². The fourth-order valence-corrected chi connectivity index (χ4v) is 9.93. The fourth-order valence-electron chi connectivity index (χ4n) is 9.93. The van der Waals surface area contributed by atoms with E-state index in [0.29, 0.717) is 16.3 Å². The smallest absolute Gasteiger partial charge is 0.266 e. The highest BCUT2D eigenvalue weighted by molar-refractivity contribution is 6.20. The van der Waals surface area contributed by atoms with Gasteiger partial charge in [-0.05, 0) is 114 Å². The molecule has 54 heavy (non-hydrogen) atoms. The highest BCUT2D eigenvalue weighted by atomic mass is 16.2. The Morgan fingerprint density at radius 3 is 1.43 bits per heavy atom. The molecule has 2 aliphatic rings. The summed E-state index contributed by atoms with van der Waals surface area (Å²) in [5, 5.41) is 4.51. The van der Waals surface area contributed by atoms with Crippen LogP contribution in [0.15, 0.2) is 186 Å². The van der Waals surface area contributed by atoms with Crippen LogP contribution in [0, 0.1) is 0 Å². The van der Waals surface area contributed by atoms with Crippen molar-refractivity contribution < 1.29 is 0 Å².